The van der Waals surface area contributed by atoms with Gasteiger partial charge in [-0.25, -0.2) is 0 Å². The van der Waals surface area contributed by atoms with Crippen molar-refractivity contribution in [3.05, 3.63) is 41.4 Å². The normalized spacial score (nSPS) is 23.5. The van der Waals surface area contributed by atoms with Gasteiger partial charge in [0.2, 0.25) is 0 Å². The number of benzene rings is 1. The van der Waals surface area contributed by atoms with Crippen molar-refractivity contribution in [2.24, 2.45) is 11.8 Å². The first-order chi connectivity index (χ1) is 14.5. The van der Waals surface area contributed by atoms with E-state index in [4.69, 9.17) is 19.2 Å². The van der Waals surface area contributed by atoms with Crippen molar-refractivity contribution in [2.75, 3.05) is 14.2 Å². The van der Waals surface area contributed by atoms with Crippen molar-refractivity contribution >= 4 is 16.6 Å². The number of allylic oxidation sites excluding steroid dienone is 1. The molecule has 0 bridgehead atoms. The van der Waals surface area contributed by atoms with Crippen molar-refractivity contribution in [3.63, 3.8) is 0 Å². The highest BCUT2D eigenvalue weighted by molar-refractivity contribution is 5.99. The third-order valence-corrected chi connectivity index (χ3v) is 6.51. The number of rotatable bonds is 6. The molecule has 0 saturated heterocycles. The van der Waals surface area contributed by atoms with Gasteiger partial charge in [-0.2, -0.15) is 0 Å². The fraction of sp³-hybridized carbons (Fsp3) is 0.520. The number of methoxy groups -OCH3 is 2. The van der Waals surface area contributed by atoms with E-state index in [0.717, 1.165) is 59.7 Å². The Bertz CT molecular complexity index is 981. The third-order valence-electron chi connectivity index (χ3n) is 6.51. The van der Waals surface area contributed by atoms with Crippen LogP contribution in [0, 0.1) is 11.8 Å². The lowest BCUT2D eigenvalue weighted by atomic mass is 9.75. The molecule has 2 heterocycles. The third kappa shape index (κ3) is 3.78. The highest BCUT2D eigenvalue weighted by Crippen LogP contribution is 2.39. The standard InChI is InChI=1S/C25H31NO4/c1-5-6-21-19-12-24(29-4)23(28-3)11-18(19)16(13-26-21)10-17-14-30-22-8-7-15(2)9-20(22)25(17)27/h11-15,20,22H,5-10H2,1-4H3. The minimum absolute atomic E-state index is 0.0121. The maximum atomic E-state index is 13.2. The number of ketones is 1. The van der Waals surface area contributed by atoms with Crippen LogP contribution in [0.2, 0.25) is 0 Å². The molecule has 2 aromatic rings. The molecule has 0 radical (unpaired) electrons. The molecule has 0 spiro atoms. The van der Waals surface area contributed by atoms with Gasteiger partial charge in [-0.15, -0.1) is 0 Å². The second kappa shape index (κ2) is 8.66. The van der Waals surface area contributed by atoms with E-state index in [1.807, 2.05) is 18.3 Å². The topological polar surface area (TPSA) is 57.7 Å². The summed E-state index contributed by atoms with van der Waals surface area (Å²) in [6.45, 7) is 4.37. The van der Waals surface area contributed by atoms with Gasteiger partial charge >= 0.3 is 0 Å². The number of aromatic nitrogens is 1. The van der Waals surface area contributed by atoms with E-state index >= 15 is 0 Å². The van der Waals surface area contributed by atoms with Crippen LogP contribution in [-0.4, -0.2) is 31.1 Å². The molecule has 0 N–H and O–H groups in total. The average molecular weight is 410 g/mol. The molecule has 1 saturated carbocycles. The van der Waals surface area contributed by atoms with Gasteiger partial charge in [0.25, 0.3) is 0 Å². The zero-order valence-electron chi connectivity index (χ0n) is 18.4. The van der Waals surface area contributed by atoms with E-state index < -0.39 is 0 Å². The maximum Gasteiger partial charge on any atom is 0.169 e. The summed E-state index contributed by atoms with van der Waals surface area (Å²) in [6, 6.07) is 4.01. The number of hydrogen-bond acceptors (Lipinski definition) is 5. The summed E-state index contributed by atoms with van der Waals surface area (Å²) < 4.78 is 17.0. The van der Waals surface area contributed by atoms with Gasteiger partial charge in [0.15, 0.2) is 17.3 Å². The van der Waals surface area contributed by atoms with E-state index in [1.165, 1.54) is 0 Å². The summed E-state index contributed by atoms with van der Waals surface area (Å²) in [4.78, 5) is 18.0. The molecule has 5 nitrogen and oxygen atoms in total. The average Bonchev–Trinajstić information content (AvgIpc) is 2.76. The van der Waals surface area contributed by atoms with Crippen molar-refractivity contribution in [2.45, 2.75) is 58.5 Å². The SMILES string of the molecule is CCCc1ncc(CC2=COC3CCC(C)CC3C2=O)c2cc(OC)c(OC)cc12. The lowest BCUT2D eigenvalue weighted by Crippen LogP contribution is -2.39. The Morgan fingerprint density at radius 3 is 2.57 bits per heavy atom. The Balaban J connectivity index is 1.73. The molecular weight excluding hydrogens is 378 g/mol. The van der Waals surface area contributed by atoms with Gasteiger partial charge in [-0.1, -0.05) is 20.3 Å². The molecular formula is C25H31NO4. The van der Waals surface area contributed by atoms with Crippen molar-refractivity contribution in [1.29, 1.82) is 0 Å². The number of aryl methyl sites for hydroxylation is 1. The molecule has 3 atom stereocenters. The van der Waals surface area contributed by atoms with E-state index in [0.29, 0.717) is 23.8 Å². The number of pyridine rings is 1. The fourth-order valence-corrected chi connectivity index (χ4v) is 4.85. The van der Waals surface area contributed by atoms with E-state index in [1.54, 1.807) is 20.5 Å². The van der Waals surface area contributed by atoms with Gasteiger partial charge in [-0.05, 0) is 54.7 Å². The van der Waals surface area contributed by atoms with E-state index in [9.17, 15) is 4.79 Å². The predicted octanol–water partition coefficient (Wildman–Crippen LogP) is 5.04. The molecule has 160 valence electrons. The summed E-state index contributed by atoms with van der Waals surface area (Å²) in [5.74, 6) is 2.18. The number of carbonyl (C=O) groups excluding carboxylic acids is 1. The van der Waals surface area contributed by atoms with Gasteiger partial charge in [0, 0.05) is 29.3 Å². The van der Waals surface area contributed by atoms with Crippen LogP contribution in [0.1, 0.15) is 50.8 Å². The minimum Gasteiger partial charge on any atom is -0.497 e. The van der Waals surface area contributed by atoms with Gasteiger partial charge < -0.3 is 14.2 Å². The molecule has 1 fully saturated rings. The van der Waals surface area contributed by atoms with Crippen LogP contribution in [0.4, 0.5) is 0 Å². The van der Waals surface area contributed by atoms with Crippen molar-refractivity contribution in [3.8, 4) is 11.5 Å². The van der Waals surface area contributed by atoms with Crippen LogP contribution >= 0.6 is 0 Å². The number of hydrogen-bond donors (Lipinski definition) is 0. The number of Topliss-reactive ketones (excluding diaryl/α,β-unsaturated/α-hetero) is 1. The number of fused-ring (bicyclic) bond motifs is 2. The smallest absolute Gasteiger partial charge is 0.169 e. The number of nitrogens with zero attached hydrogens (tertiary/aromatic N) is 1. The molecule has 1 aromatic heterocycles. The van der Waals surface area contributed by atoms with Crippen LogP contribution in [0.25, 0.3) is 10.8 Å². The molecule has 1 aromatic carbocycles. The maximum absolute atomic E-state index is 13.2. The number of carbonyl (C=O) groups is 1. The molecule has 0 amide bonds. The first kappa shape index (κ1) is 20.7. The Morgan fingerprint density at radius 1 is 1.13 bits per heavy atom. The first-order valence-corrected chi connectivity index (χ1v) is 11.0. The summed E-state index contributed by atoms with van der Waals surface area (Å²) in [5, 5.41) is 2.11. The fourth-order valence-electron chi connectivity index (χ4n) is 4.85. The van der Waals surface area contributed by atoms with Crippen LogP contribution in [-0.2, 0) is 22.4 Å². The zero-order chi connectivity index (χ0) is 21.3. The summed E-state index contributed by atoms with van der Waals surface area (Å²) in [6.07, 6.45) is 9.08. The molecule has 4 rings (SSSR count). The second-order valence-corrected chi connectivity index (χ2v) is 8.62. The van der Waals surface area contributed by atoms with Gasteiger partial charge in [0.1, 0.15) is 6.10 Å². The van der Waals surface area contributed by atoms with Crippen LogP contribution in [0.15, 0.2) is 30.2 Å². The van der Waals surface area contributed by atoms with Crippen LogP contribution in [0.5, 0.6) is 11.5 Å². The highest BCUT2D eigenvalue weighted by Gasteiger charge is 2.39. The molecule has 5 heteroatoms. The Morgan fingerprint density at radius 2 is 1.87 bits per heavy atom. The zero-order valence-corrected chi connectivity index (χ0v) is 18.4. The van der Waals surface area contributed by atoms with Gasteiger partial charge in [-0.3, -0.25) is 9.78 Å². The minimum atomic E-state index is -0.0121. The lowest BCUT2D eigenvalue weighted by molar-refractivity contribution is -0.128. The lowest BCUT2D eigenvalue weighted by Gasteiger charge is -2.36. The van der Waals surface area contributed by atoms with E-state index in [2.05, 4.69) is 13.8 Å². The monoisotopic (exact) mass is 409 g/mol. The second-order valence-electron chi connectivity index (χ2n) is 8.62. The summed E-state index contributed by atoms with van der Waals surface area (Å²) in [5.41, 5.74) is 2.79. The van der Waals surface area contributed by atoms with Crippen LogP contribution in [0.3, 0.4) is 0 Å². The summed E-state index contributed by atoms with van der Waals surface area (Å²) in [7, 11) is 3.29. The highest BCUT2D eigenvalue weighted by atomic mass is 16.5. The summed E-state index contributed by atoms with van der Waals surface area (Å²) >= 11 is 0. The molecule has 1 aliphatic heterocycles. The van der Waals surface area contributed by atoms with Gasteiger partial charge in [0.05, 0.1) is 26.4 Å². The number of ether oxygens (including phenoxy) is 3. The van der Waals surface area contributed by atoms with Crippen molar-refractivity contribution < 1.29 is 19.0 Å². The van der Waals surface area contributed by atoms with Crippen molar-refractivity contribution in [1.82, 2.24) is 4.98 Å². The molecule has 2 aliphatic rings. The van der Waals surface area contributed by atoms with Crippen LogP contribution < -0.4 is 9.47 Å². The molecule has 30 heavy (non-hydrogen) atoms. The quantitative estimate of drug-likeness (QED) is 0.669. The Hall–Kier alpha value is -2.56. The Labute approximate surface area is 178 Å². The largest absolute Gasteiger partial charge is 0.497 e. The molecule has 1 aliphatic carbocycles. The first-order valence-electron chi connectivity index (χ1n) is 11.0. The molecule has 3 unspecified atom stereocenters. The Kier molecular flexibility index (Phi) is 5.98. The van der Waals surface area contributed by atoms with E-state index in [-0.39, 0.29) is 17.8 Å². The predicted molar refractivity (Wildman–Crippen MR) is 117 cm³/mol.